The van der Waals surface area contributed by atoms with Crippen LogP contribution in [0, 0.1) is 18.3 Å². The Morgan fingerprint density at radius 1 is 1.31 bits per heavy atom. The van der Waals surface area contributed by atoms with E-state index in [4.69, 9.17) is 6.42 Å². The number of unbranched alkanes of at least 4 members (excludes halogenated alkanes) is 1. The van der Waals surface area contributed by atoms with E-state index >= 15 is 0 Å². The van der Waals surface area contributed by atoms with Crippen molar-refractivity contribution in [3.8, 4) is 12.3 Å². The lowest BCUT2D eigenvalue weighted by atomic mass is 9.95. The van der Waals surface area contributed by atoms with Gasteiger partial charge in [-0.15, -0.1) is 12.3 Å². The van der Waals surface area contributed by atoms with E-state index in [2.05, 4.69) is 53.9 Å². The summed E-state index contributed by atoms with van der Waals surface area (Å²) in [6.07, 6.45) is 9.47. The van der Waals surface area contributed by atoms with Crippen LogP contribution in [0.5, 0.6) is 0 Å². The van der Waals surface area contributed by atoms with Gasteiger partial charge in [0, 0.05) is 10.9 Å². The van der Waals surface area contributed by atoms with Crippen LogP contribution in [0.4, 0.5) is 0 Å². The molecule has 0 fully saturated rings. The van der Waals surface area contributed by atoms with Crippen LogP contribution in [0.3, 0.4) is 0 Å². The minimum Gasteiger partial charge on any atom is -0.120 e. The summed E-state index contributed by atoms with van der Waals surface area (Å²) in [6.45, 7) is 4.51. The van der Waals surface area contributed by atoms with Crippen LogP contribution in [0.15, 0.2) is 22.7 Å². The lowest BCUT2D eigenvalue weighted by Gasteiger charge is -2.11. The second-order valence-corrected chi connectivity index (χ2v) is 5.48. The van der Waals surface area contributed by atoms with Crippen molar-refractivity contribution in [1.82, 2.24) is 0 Å². The first-order valence-electron chi connectivity index (χ1n) is 5.84. The highest BCUT2D eigenvalue weighted by Gasteiger charge is 2.05. The average Bonchev–Trinajstić information content (AvgIpc) is 2.22. The topological polar surface area (TPSA) is 0 Å². The second kappa shape index (κ2) is 6.76. The van der Waals surface area contributed by atoms with Crippen molar-refractivity contribution in [3.05, 3.63) is 33.8 Å². The molecule has 0 aliphatic rings. The Labute approximate surface area is 108 Å². The molecule has 0 heterocycles. The van der Waals surface area contributed by atoms with Gasteiger partial charge in [-0.25, -0.2) is 0 Å². The molecule has 1 aromatic rings. The van der Waals surface area contributed by atoms with E-state index in [0.29, 0.717) is 5.92 Å². The first kappa shape index (κ1) is 13.3. The Bertz CT molecular complexity index is 372. The van der Waals surface area contributed by atoms with Gasteiger partial charge >= 0.3 is 0 Å². The van der Waals surface area contributed by atoms with E-state index in [1.807, 2.05) is 0 Å². The fourth-order valence-corrected chi connectivity index (χ4v) is 2.26. The molecule has 0 atom stereocenters. The van der Waals surface area contributed by atoms with Gasteiger partial charge in [0.25, 0.3) is 0 Å². The van der Waals surface area contributed by atoms with Crippen molar-refractivity contribution in [1.29, 1.82) is 0 Å². The lowest BCUT2D eigenvalue weighted by Crippen LogP contribution is -1.99. The van der Waals surface area contributed by atoms with Crippen molar-refractivity contribution >= 4 is 15.9 Å². The van der Waals surface area contributed by atoms with Gasteiger partial charge in [0.2, 0.25) is 0 Å². The Morgan fingerprint density at radius 2 is 2.06 bits per heavy atom. The normalized spacial score (nSPS) is 10.4. The van der Waals surface area contributed by atoms with Crippen molar-refractivity contribution in [2.24, 2.45) is 5.92 Å². The first-order valence-corrected chi connectivity index (χ1v) is 6.63. The molecule has 0 aliphatic carbocycles. The van der Waals surface area contributed by atoms with Gasteiger partial charge in [-0.3, -0.25) is 0 Å². The minimum atomic E-state index is 0.701. The van der Waals surface area contributed by atoms with Gasteiger partial charge in [-0.05, 0) is 48.4 Å². The number of halogens is 1. The van der Waals surface area contributed by atoms with Gasteiger partial charge in [-0.1, -0.05) is 35.8 Å². The summed E-state index contributed by atoms with van der Waals surface area (Å²) in [4.78, 5) is 0. The van der Waals surface area contributed by atoms with Crippen LogP contribution in [0.1, 0.15) is 37.8 Å². The smallest absolute Gasteiger partial charge is 0.0178 e. The highest BCUT2D eigenvalue weighted by Crippen LogP contribution is 2.21. The molecular formula is C15H19Br. The summed E-state index contributed by atoms with van der Waals surface area (Å²) in [7, 11) is 0. The first-order chi connectivity index (χ1) is 7.63. The molecular weight excluding hydrogens is 260 g/mol. The monoisotopic (exact) mass is 278 g/mol. The number of hydrogen-bond donors (Lipinski definition) is 0. The van der Waals surface area contributed by atoms with Crippen molar-refractivity contribution < 1.29 is 0 Å². The third kappa shape index (κ3) is 4.41. The molecule has 1 aromatic carbocycles. The van der Waals surface area contributed by atoms with E-state index in [-0.39, 0.29) is 0 Å². The molecule has 1 rings (SSSR count). The number of aryl methyl sites for hydroxylation is 1. The van der Waals surface area contributed by atoms with Crippen LogP contribution < -0.4 is 0 Å². The molecule has 0 saturated carbocycles. The molecule has 0 nitrogen and oxygen atoms in total. The molecule has 1 heteroatoms. The Kier molecular flexibility index (Phi) is 5.63. The van der Waals surface area contributed by atoms with Crippen LogP contribution >= 0.6 is 15.9 Å². The summed E-state index contributed by atoms with van der Waals surface area (Å²) in [5.74, 6) is 3.40. The Balaban J connectivity index is 2.77. The number of rotatable bonds is 5. The molecule has 0 unspecified atom stereocenters. The van der Waals surface area contributed by atoms with E-state index in [1.54, 1.807) is 0 Å². The molecule has 0 aromatic heterocycles. The summed E-state index contributed by atoms with van der Waals surface area (Å²) in [6, 6.07) is 6.59. The van der Waals surface area contributed by atoms with Crippen molar-refractivity contribution in [3.63, 3.8) is 0 Å². The van der Waals surface area contributed by atoms with E-state index < -0.39 is 0 Å². The molecule has 0 amide bonds. The van der Waals surface area contributed by atoms with E-state index in [9.17, 15) is 0 Å². The molecule has 0 spiro atoms. The van der Waals surface area contributed by atoms with Crippen molar-refractivity contribution in [2.75, 3.05) is 0 Å². The van der Waals surface area contributed by atoms with Gasteiger partial charge in [0.05, 0.1) is 0 Å². The Morgan fingerprint density at radius 3 is 2.69 bits per heavy atom. The highest BCUT2D eigenvalue weighted by molar-refractivity contribution is 9.10. The van der Waals surface area contributed by atoms with Crippen LogP contribution in [0.25, 0.3) is 0 Å². The van der Waals surface area contributed by atoms with Gasteiger partial charge in [0.1, 0.15) is 0 Å². The van der Waals surface area contributed by atoms with Gasteiger partial charge in [0.15, 0.2) is 0 Å². The summed E-state index contributed by atoms with van der Waals surface area (Å²) >= 11 is 3.53. The zero-order chi connectivity index (χ0) is 12.0. The van der Waals surface area contributed by atoms with Crippen LogP contribution in [-0.4, -0.2) is 0 Å². The molecule has 0 aliphatic heterocycles. The van der Waals surface area contributed by atoms with Crippen molar-refractivity contribution in [2.45, 2.75) is 39.5 Å². The quantitative estimate of drug-likeness (QED) is 0.545. The summed E-state index contributed by atoms with van der Waals surface area (Å²) < 4.78 is 1.16. The predicted octanol–water partition coefficient (Wildman–Crippen LogP) is 4.60. The maximum Gasteiger partial charge on any atom is 0.0178 e. The lowest BCUT2D eigenvalue weighted by molar-refractivity contribution is 0.641. The third-order valence-electron chi connectivity index (χ3n) is 2.56. The van der Waals surface area contributed by atoms with E-state index in [0.717, 1.165) is 30.2 Å². The fourth-order valence-electron chi connectivity index (χ4n) is 1.85. The third-order valence-corrected chi connectivity index (χ3v) is 3.06. The SMILES string of the molecule is C#CCCCc1cc(Br)ccc1CC(C)C. The predicted molar refractivity (Wildman–Crippen MR) is 74.5 cm³/mol. The fraction of sp³-hybridized carbons (Fsp3) is 0.467. The summed E-state index contributed by atoms with van der Waals surface area (Å²) in [5, 5.41) is 0. The average molecular weight is 279 g/mol. The molecule has 0 radical (unpaired) electrons. The maximum atomic E-state index is 5.28. The minimum absolute atomic E-state index is 0.701. The van der Waals surface area contributed by atoms with E-state index in [1.165, 1.54) is 11.1 Å². The maximum absolute atomic E-state index is 5.28. The van der Waals surface area contributed by atoms with Crippen LogP contribution in [0.2, 0.25) is 0 Å². The van der Waals surface area contributed by atoms with Crippen LogP contribution in [-0.2, 0) is 12.8 Å². The zero-order valence-corrected chi connectivity index (χ0v) is 11.7. The number of benzene rings is 1. The Hall–Kier alpha value is -0.740. The zero-order valence-electron chi connectivity index (χ0n) is 10.1. The molecule has 0 N–H and O–H groups in total. The second-order valence-electron chi connectivity index (χ2n) is 4.57. The summed E-state index contributed by atoms with van der Waals surface area (Å²) in [5.41, 5.74) is 2.91. The molecule has 0 saturated heterocycles. The van der Waals surface area contributed by atoms with Gasteiger partial charge in [-0.2, -0.15) is 0 Å². The largest absolute Gasteiger partial charge is 0.120 e. The molecule has 86 valence electrons. The standard InChI is InChI=1S/C15H19Br/c1-4-5-6-7-13-11-15(16)9-8-14(13)10-12(2)3/h1,8-9,11-12H,5-7,10H2,2-3H3. The number of hydrogen-bond acceptors (Lipinski definition) is 0. The number of terminal acetylenes is 1. The highest BCUT2D eigenvalue weighted by atomic mass is 79.9. The van der Waals surface area contributed by atoms with Gasteiger partial charge < -0.3 is 0 Å². The molecule has 0 bridgehead atoms. The molecule has 16 heavy (non-hydrogen) atoms.